The average Bonchev–Trinajstić information content (AvgIpc) is 3.53. The molecule has 0 saturated heterocycles. The van der Waals surface area contributed by atoms with Gasteiger partial charge in [-0.15, -0.1) is 0 Å². The molecular weight excluding hydrogens is 488 g/mol. The summed E-state index contributed by atoms with van der Waals surface area (Å²) in [6, 6.07) is 45.2. The monoisotopic (exact) mass is 510 g/mol. The van der Waals surface area contributed by atoms with Crippen molar-refractivity contribution in [3.05, 3.63) is 134 Å². The smallest absolute Gasteiger partial charge is 0.235 e. The van der Waals surface area contributed by atoms with Gasteiger partial charge in [0.05, 0.1) is 33.3 Å². The fourth-order valence-corrected chi connectivity index (χ4v) is 6.46. The van der Waals surface area contributed by atoms with Gasteiger partial charge < -0.3 is 4.57 Å². The molecule has 0 amide bonds. The predicted octanol–water partition coefficient (Wildman–Crippen LogP) is 8.98. The Hall–Kier alpha value is -5.48. The minimum Gasteiger partial charge on any atom is -0.309 e. The Labute approximate surface area is 229 Å². The highest BCUT2D eigenvalue weighted by Gasteiger charge is 2.21. The quantitative estimate of drug-likeness (QED) is 0.233. The van der Waals surface area contributed by atoms with Crippen LogP contribution in [0.1, 0.15) is 0 Å². The zero-order valence-corrected chi connectivity index (χ0v) is 21.5. The summed E-state index contributed by atoms with van der Waals surface area (Å²) < 4.78 is 4.64. The van der Waals surface area contributed by atoms with Crippen molar-refractivity contribution in [1.82, 2.24) is 19.1 Å². The van der Waals surface area contributed by atoms with E-state index < -0.39 is 0 Å². The molecule has 9 aromatic rings. The second kappa shape index (κ2) is 8.01. The van der Waals surface area contributed by atoms with E-state index in [1.54, 1.807) is 0 Å². The van der Waals surface area contributed by atoms with E-state index in [2.05, 4.69) is 118 Å². The van der Waals surface area contributed by atoms with Gasteiger partial charge in [0.15, 0.2) is 0 Å². The van der Waals surface area contributed by atoms with E-state index in [9.17, 15) is 0 Å². The Kier molecular flexibility index (Phi) is 4.30. The lowest BCUT2D eigenvalue weighted by molar-refractivity contribution is 1.01. The predicted molar refractivity (Wildman–Crippen MR) is 166 cm³/mol. The van der Waals surface area contributed by atoms with Crippen LogP contribution < -0.4 is 0 Å². The number of aromatic nitrogens is 4. The molecule has 40 heavy (non-hydrogen) atoms. The van der Waals surface area contributed by atoms with Crippen LogP contribution in [-0.2, 0) is 0 Å². The standard InChI is InChI=1S/C36H22N4/c1-7-17-29-23(11-1)22-37-36(38-29)40-32-20-10-6-16-28(32)35-27-15-3-2-14-26(27)33(21-34(35)40)39-30-18-8-4-12-24(30)25-13-5-9-19-31(25)39/h1-22H. The fourth-order valence-electron chi connectivity index (χ4n) is 6.46. The van der Waals surface area contributed by atoms with Crippen molar-refractivity contribution in [1.29, 1.82) is 0 Å². The summed E-state index contributed by atoms with van der Waals surface area (Å²) in [5.74, 6) is 0.674. The number of para-hydroxylation sites is 4. The highest BCUT2D eigenvalue weighted by Crippen LogP contribution is 2.41. The van der Waals surface area contributed by atoms with E-state index in [1.165, 1.54) is 43.4 Å². The van der Waals surface area contributed by atoms with Crippen molar-refractivity contribution < 1.29 is 0 Å². The van der Waals surface area contributed by atoms with Crippen LogP contribution in [-0.4, -0.2) is 19.1 Å². The molecule has 0 aliphatic carbocycles. The molecule has 3 heterocycles. The first-order valence-corrected chi connectivity index (χ1v) is 13.5. The third-order valence-electron chi connectivity index (χ3n) is 8.15. The van der Waals surface area contributed by atoms with E-state index in [0.29, 0.717) is 5.95 Å². The number of benzene rings is 6. The average molecular weight is 511 g/mol. The molecule has 9 rings (SSSR count). The summed E-state index contributed by atoms with van der Waals surface area (Å²) >= 11 is 0. The molecule has 0 unspecified atom stereocenters. The van der Waals surface area contributed by atoms with Gasteiger partial charge in [-0.25, -0.2) is 9.97 Å². The summed E-state index contributed by atoms with van der Waals surface area (Å²) in [6.07, 6.45) is 1.92. The summed E-state index contributed by atoms with van der Waals surface area (Å²) in [4.78, 5) is 9.90. The van der Waals surface area contributed by atoms with Crippen molar-refractivity contribution in [3.63, 3.8) is 0 Å². The summed E-state index contributed by atoms with van der Waals surface area (Å²) in [7, 11) is 0. The van der Waals surface area contributed by atoms with E-state index in [1.807, 2.05) is 24.4 Å². The minimum atomic E-state index is 0.674. The van der Waals surface area contributed by atoms with Gasteiger partial charge in [0.2, 0.25) is 5.95 Å². The molecule has 0 fully saturated rings. The Bertz CT molecular complexity index is 2390. The Morgan fingerprint density at radius 2 is 1.00 bits per heavy atom. The lowest BCUT2D eigenvalue weighted by Crippen LogP contribution is -2.02. The van der Waals surface area contributed by atoms with Crippen LogP contribution >= 0.6 is 0 Å². The Morgan fingerprint density at radius 1 is 0.450 bits per heavy atom. The highest BCUT2D eigenvalue weighted by molar-refractivity contribution is 6.23. The maximum absolute atomic E-state index is 5.04. The fraction of sp³-hybridized carbons (Fsp3) is 0. The van der Waals surface area contributed by atoms with Gasteiger partial charge >= 0.3 is 0 Å². The van der Waals surface area contributed by atoms with E-state index in [0.717, 1.165) is 27.6 Å². The molecule has 6 aromatic carbocycles. The summed E-state index contributed by atoms with van der Waals surface area (Å²) in [5.41, 5.74) is 6.65. The highest BCUT2D eigenvalue weighted by atomic mass is 15.2. The van der Waals surface area contributed by atoms with Gasteiger partial charge in [-0.3, -0.25) is 4.57 Å². The third kappa shape index (κ3) is 2.85. The van der Waals surface area contributed by atoms with Crippen molar-refractivity contribution in [2.75, 3.05) is 0 Å². The van der Waals surface area contributed by atoms with Crippen LogP contribution in [0.3, 0.4) is 0 Å². The van der Waals surface area contributed by atoms with Gasteiger partial charge in [-0.1, -0.05) is 97.1 Å². The van der Waals surface area contributed by atoms with Crippen LogP contribution in [0.5, 0.6) is 0 Å². The molecule has 0 radical (unpaired) electrons. The van der Waals surface area contributed by atoms with Crippen molar-refractivity contribution in [3.8, 4) is 11.6 Å². The normalized spacial score (nSPS) is 12.0. The zero-order valence-electron chi connectivity index (χ0n) is 21.5. The number of hydrogen-bond acceptors (Lipinski definition) is 2. The molecule has 0 N–H and O–H groups in total. The molecule has 0 bridgehead atoms. The van der Waals surface area contributed by atoms with Crippen LogP contribution in [0.4, 0.5) is 0 Å². The lowest BCUT2D eigenvalue weighted by Gasteiger charge is -2.14. The van der Waals surface area contributed by atoms with Gasteiger partial charge in [0.1, 0.15) is 0 Å². The van der Waals surface area contributed by atoms with Crippen molar-refractivity contribution >= 4 is 65.3 Å². The first-order valence-electron chi connectivity index (χ1n) is 13.5. The number of rotatable bonds is 2. The second-order valence-corrected chi connectivity index (χ2v) is 10.3. The molecule has 4 heteroatoms. The van der Waals surface area contributed by atoms with Gasteiger partial charge in [0, 0.05) is 38.5 Å². The summed E-state index contributed by atoms with van der Waals surface area (Å²) in [6.45, 7) is 0. The van der Waals surface area contributed by atoms with E-state index in [4.69, 9.17) is 9.97 Å². The Balaban J connectivity index is 1.50. The topological polar surface area (TPSA) is 35.6 Å². The third-order valence-corrected chi connectivity index (χ3v) is 8.15. The van der Waals surface area contributed by atoms with Crippen LogP contribution in [0.15, 0.2) is 134 Å². The molecule has 0 atom stereocenters. The minimum absolute atomic E-state index is 0.674. The lowest BCUT2D eigenvalue weighted by atomic mass is 10.0. The molecule has 0 saturated carbocycles. The van der Waals surface area contributed by atoms with E-state index >= 15 is 0 Å². The first-order chi connectivity index (χ1) is 19.9. The zero-order chi connectivity index (χ0) is 26.2. The van der Waals surface area contributed by atoms with Crippen molar-refractivity contribution in [2.24, 2.45) is 0 Å². The molecule has 0 spiro atoms. The first kappa shape index (κ1) is 21.5. The van der Waals surface area contributed by atoms with Gasteiger partial charge in [0.25, 0.3) is 0 Å². The molecule has 3 aromatic heterocycles. The second-order valence-electron chi connectivity index (χ2n) is 10.3. The molecule has 0 aliphatic heterocycles. The Morgan fingerprint density at radius 3 is 1.73 bits per heavy atom. The SMILES string of the molecule is c1ccc2nc(-n3c4ccccc4c4c5ccccc5c(-n5c6ccccc6c6ccccc65)cc43)ncc2c1. The number of fused-ring (bicyclic) bond motifs is 9. The van der Waals surface area contributed by atoms with Crippen LogP contribution in [0.25, 0.3) is 76.9 Å². The molecule has 186 valence electrons. The maximum atomic E-state index is 5.04. The van der Waals surface area contributed by atoms with Gasteiger partial charge in [-0.2, -0.15) is 0 Å². The van der Waals surface area contributed by atoms with Crippen LogP contribution in [0, 0.1) is 0 Å². The molecular formula is C36H22N4. The van der Waals surface area contributed by atoms with Crippen LogP contribution in [0.2, 0.25) is 0 Å². The van der Waals surface area contributed by atoms with E-state index in [-0.39, 0.29) is 0 Å². The largest absolute Gasteiger partial charge is 0.309 e. The number of nitrogens with zero attached hydrogens (tertiary/aromatic N) is 4. The van der Waals surface area contributed by atoms with Crippen molar-refractivity contribution in [2.45, 2.75) is 0 Å². The number of hydrogen-bond donors (Lipinski definition) is 0. The molecule has 0 aliphatic rings. The summed E-state index contributed by atoms with van der Waals surface area (Å²) in [5, 5.41) is 8.37. The van der Waals surface area contributed by atoms with Gasteiger partial charge in [-0.05, 0) is 35.7 Å². The maximum Gasteiger partial charge on any atom is 0.235 e. The molecule has 4 nitrogen and oxygen atoms in total.